The number of benzene rings is 1. The van der Waals surface area contributed by atoms with Crippen LogP contribution in [0.15, 0.2) is 12.1 Å². The lowest BCUT2D eigenvalue weighted by Crippen LogP contribution is -2.39. The van der Waals surface area contributed by atoms with Crippen LogP contribution in [0.5, 0.6) is 11.5 Å². The molecule has 1 saturated carbocycles. The summed E-state index contributed by atoms with van der Waals surface area (Å²) >= 11 is 6.17. The van der Waals surface area contributed by atoms with E-state index < -0.39 is 5.60 Å². The number of nitrogens with one attached hydrogen (secondary N) is 1. The van der Waals surface area contributed by atoms with Gasteiger partial charge in [-0.2, -0.15) is 0 Å². The molecule has 0 amide bonds. The Bertz CT molecular complexity index is 499. The lowest BCUT2D eigenvalue weighted by molar-refractivity contribution is 0.0250. The molecular formula is C16H22ClNO3. The fourth-order valence-electron chi connectivity index (χ4n) is 3.13. The summed E-state index contributed by atoms with van der Waals surface area (Å²) in [5.41, 5.74) is 0.484. The highest BCUT2D eigenvalue weighted by atomic mass is 35.5. The van der Waals surface area contributed by atoms with Crippen molar-refractivity contribution in [3.05, 3.63) is 22.7 Å². The van der Waals surface area contributed by atoms with Gasteiger partial charge in [-0.15, -0.1) is 0 Å². The summed E-state index contributed by atoms with van der Waals surface area (Å²) in [6.07, 6.45) is 6.49. The van der Waals surface area contributed by atoms with Gasteiger partial charge in [0.05, 0.1) is 10.6 Å². The molecule has 5 heteroatoms. The molecule has 0 atom stereocenters. The third kappa shape index (κ3) is 3.62. The van der Waals surface area contributed by atoms with Crippen molar-refractivity contribution in [2.45, 2.75) is 50.7 Å². The van der Waals surface area contributed by atoms with Crippen LogP contribution in [0, 0.1) is 0 Å². The van der Waals surface area contributed by atoms with Crippen molar-refractivity contribution in [3.63, 3.8) is 0 Å². The van der Waals surface area contributed by atoms with Crippen LogP contribution in [0.1, 0.15) is 44.1 Å². The molecule has 1 aliphatic heterocycles. The third-order valence-corrected chi connectivity index (χ3v) is 4.59. The molecule has 1 aromatic rings. The van der Waals surface area contributed by atoms with Crippen molar-refractivity contribution in [3.8, 4) is 11.5 Å². The molecule has 0 aromatic heterocycles. The first-order valence-electron chi connectivity index (χ1n) is 7.67. The van der Waals surface area contributed by atoms with E-state index in [1.165, 1.54) is 12.8 Å². The predicted octanol–water partition coefficient (Wildman–Crippen LogP) is 3.24. The molecule has 21 heavy (non-hydrogen) atoms. The highest BCUT2D eigenvalue weighted by Crippen LogP contribution is 2.39. The average Bonchev–Trinajstić information content (AvgIpc) is 2.82. The molecule has 0 radical (unpaired) electrons. The Kier molecular flexibility index (Phi) is 4.57. The van der Waals surface area contributed by atoms with Crippen LogP contribution in [-0.2, 0) is 6.54 Å². The van der Waals surface area contributed by atoms with Crippen LogP contribution in [-0.4, -0.2) is 24.0 Å². The van der Waals surface area contributed by atoms with E-state index in [2.05, 4.69) is 5.32 Å². The van der Waals surface area contributed by atoms with Crippen molar-refractivity contribution in [2.24, 2.45) is 0 Å². The monoisotopic (exact) mass is 311 g/mol. The van der Waals surface area contributed by atoms with E-state index in [4.69, 9.17) is 21.1 Å². The van der Waals surface area contributed by atoms with Gasteiger partial charge in [0.15, 0.2) is 11.5 Å². The fourth-order valence-corrected chi connectivity index (χ4v) is 3.41. The molecule has 2 aliphatic rings. The molecule has 1 aliphatic carbocycles. The molecule has 116 valence electrons. The van der Waals surface area contributed by atoms with Gasteiger partial charge >= 0.3 is 0 Å². The molecule has 1 aromatic carbocycles. The smallest absolute Gasteiger partial charge is 0.231 e. The average molecular weight is 312 g/mol. The van der Waals surface area contributed by atoms with Crippen LogP contribution in [0.2, 0.25) is 5.02 Å². The minimum Gasteiger partial charge on any atom is -0.454 e. The van der Waals surface area contributed by atoms with Crippen molar-refractivity contribution in [1.29, 1.82) is 0 Å². The predicted molar refractivity (Wildman–Crippen MR) is 81.9 cm³/mol. The van der Waals surface area contributed by atoms with E-state index in [9.17, 15) is 5.11 Å². The van der Waals surface area contributed by atoms with E-state index in [-0.39, 0.29) is 6.79 Å². The number of aliphatic hydroxyl groups is 1. The summed E-state index contributed by atoms with van der Waals surface area (Å²) in [5, 5.41) is 14.5. The molecule has 0 unspecified atom stereocenters. The molecule has 2 N–H and O–H groups in total. The summed E-state index contributed by atoms with van der Waals surface area (Å²) < 4.78 is 10.7. The van der Waals surface area contributed by atoms with Crippen LogP contribution in [0.4, 0.5) is 0 Å². The normalized spacial score (nSPS) is 20.3. The maximum absolute atomic E-state index is 10.6. The Hall–Kier alpha value is -0.970. The lowest BCUT2D eigenvalue weighted by Gasteiger charge is -2.27. The second kappa shape index (κ2) is 6.42. The van der Waals surface area contributed by atoms with E-state index >= 15 is 0 Å². The Morgan fingerprint density at radius 2 is 1.90 bits per heavy atom. The van der Waals surface area contributed by atoms with Crippen LogP contribution in [0.3, 0.4) is 0 Å². The Morgan fingerprint density at radius 3 is 2.67 bits per heavy atom. The molecule has 1 heterocycles. The van der Waals surface area contributed by atoms with Crippen LogP contribution < -0.4 is 14.8 Å². The second-order valence-electron chi connectivity index (χ2n) is 6.05. The summed E-state index contributed by atoms with van der Waals surface area (Å²) in [5.74, 6) is 1.33. The second-order valence-corrected chi connectivity index (χ2v) is 6.46. The number of ether oxygens (including phenoxy) is 2. The van der Waals surface area contributed by atoms with Gasteiger partial charge < -0.3 is 19.9 Å². The Morgan fingerprint density at radius 1 is 1.14 bits per heavy atom. The van der Waals surface area contributed by atoms with E-state index in [0.29, 0.717) is 29.6 Å². The quantitative estimate of drug-likeness (QED) is 0.838. The van der Waals surface area contributed by atoms with Crippen molar-refractivity contribution < 1.29 is 14.6 Å². The zero-order valence-electron chi connectivity index (χ0n) is 12.2. The molecule has 3 rings (SSSR count). The Balaban J connectivity index is 1.57. The van der Waals surface area contributed by atoms with Crippen LogP contribution in [0.25, 0.3) is 0 Å². The lowest BCUT2D eigenvalue weighted by atomic mass is 9.94. The first-order chi connectivity index (χ1) is 10.2. The SMILES string of the molecule is OC1(CNCc2cc(Cl)c3c(c2)OCO3)CCCCCC1. The number of hydrogen-bond acceptors (Lipinski definition) is 4. The molecule has 1 fully saturated rings. The maximum Gasteiger partial charge on any atom is 0.231 e. The summed E-state index contributed by atoms with van der Waals surface area (Å²) in [7, 11) is 0. The number of fused-ring (bicyclic) bond motifs is 1. The molecule has 0 spiro atoms. The van der Waals surface area contributed by atoms with Gasteiger partial charge in [-0.1, -0.05) is 37.3 Å². The first-order valence-corrected chi connectivity index (χ1v) is 8.05. The van der Waals surface area contributed by atoms with Gasteiger partial charge in [0, 0.05) is 13.1 Å². The highest BCUT2D eigenvalue weighted by molar-refractivity contribution is 6.32. The van der Waals surface area contributed by atoms with Gasteiger partial charge in [-0.25, -0.2) is 0 Å². The van der Waals surface area contributed by atoms with E-state index in [1.807, 2.05) is 12.1 Å². The van der Waals surface area contributed by atoms with Gasteiger partial charge in [-0.3, -0.25) is 0 Å². The largest absolute Gasteiger partial charge is 0.454 e. The van der Waals surface area contributed by atoms with Gasteiger partial charge in [-0.05, 0) is 30.5 Å². The van der Waals surface area contributed by atoms with Crippen molar-refractivity contribution in [2.75, 3.05) is 13.3 Å². The summed E-state index contributed by atoms with van der Waals surface area (Å²) in [6.45, 7) is 1.52. The number of halogens is 1. The van der Waals surface area contributed by atoms with Crippen LogP contribution >= 0.6 is 11.6 Å². The zero-order valence-corrected chi connectivity index (χ0v) is 12.9. The zero-order chi connectivity index (χ0) is 14.7. The van der Waals surface area contributed by atoms with E-state index in [1.54, 1.807) is 0 Å². The van der Waals surface area contributed by atoms with Gasteiger partial charge in [0.2, 0.25) is 6.79 Å². The highest BCUT2D eigenvalue weighted by Gasteiger charge is 2.27. The fraction of sp³-hybridized carbons (Fsp3) is 0.625. The van der Waals surface area contributed by atoms with Crippen molar-refractivity contribution in [1.82, 2.24) is 5.32 Å². The molecule has 0 bridgehead atoms. The first kappa shape index (κ1) is 14.9. The number of hydrogen-bond donors (Lipinski definition) is 2. The summed E-state index contributed by atoms with van der Waals surface area (Å²) in [6, 6.07) is 3.83. The molecule has 4 nitrogen and oxygen atoms in total. The minimum absolute atomic E-state index is 0.228. The molecular weight excluding hydrogens is 290 g/mol. The minimum atomic E-state index is -0.559. The van der Waals surface area contributed by atoms with Gasteiger partial charge in [0.25, 0.3) is 0 Å². The third-order valence-electron chi connectivity index (χ3n) is 4.30. The molecule has 0 saturated heterocycles. The summed E-state index contributed by atoms with van der Waals surface area (Å²) in [4.78, 5) is 0. The standard InChI is InChI=1S/C16H22ClNO3/c17-13-7-12(8-14-15(13)21-11-20-14)9-18-10-16(19)5-3-1-2-4-6-16/h7-8,18-19H,1-6,9-11H2. The van der Waals surface area contributed by atoms with E-state index in [0.717, 1.165) is 31.2 Å². The maximum atomic E-state index is 10.6. The van der Waals surface area contributed by atoms with Crippen molar-refractivity contribution >= 4 is 11.6 Å². The number of rotatable bonds is 4. The van der Waals surface area contributed by atoms with Gasteiger partial charge in [0.1, 0.15) is 0 Å². The Labute approximate surface area is 130 Å². The topological polar surface area (TPSA) is 50.7 Å².